The Balaban J connectivity index is 1.62. The highest BCUT2D eigenvalue weighted by molar-refractivity contribution is 7.89. The van der Waals surface area contributed by atoms with Crippen molar-refractivity contribution < 1.29 is 32.2 Å². The minimum Gasteiger partial charge on any atom is -0.488 e. The van der Waals surface area contributed by atoms with Crippen LogP contribution in [-0.4, -0.2) is 73.6 Å². The topological polar surface area (TPSA) is 128 Å². The number of fused-ring (bicyclic) bond motifs is 1. The maximum absolute atomic E-state index is 13.4. The van der Waals surface area contributed by atoms with Crippen LogP contribution in [0.1, 0.15) is 19.4 Å². The van der Waals surface area contributed by atoms with E-state index in [0.717, 1.165) is 16.4 Å². The van der Waals surface area contributed by atoms with E-state index in [0.29, 0.717) is 22.7 Å². The molecule has 3 amide bonds. The van der Waals surface area contributed by atoms with E-state index in [2.05, 4.69) is 10.6 Å². The second kappa shape index (κ2) is 13.3. The zero-order valence-electron chi connectivity index (χ0n) is 23.7. The number of carbonyl (C=O) groups is 2. The fourth-order valence-corrected chi connectivity index (χ4v) is 5.86. The normalized spacial score (nSPS) is 18.2. The van der Waals surface area contributed by atoms with Gasteiger partial charge in [0.1, 0.15) is 17.7 Å². The van der Waals surface area contributed by atoms with Gasteiger partial charge in [0.05, 0.1) is 30.5 Å². The number of aliphatic hydroxyl groups excluding tert-OH is 1. The molecule has 1 heterocycles. The van der Waals surface area contributed by atoms with Crippen LogP contribution >= 0.6 is 0 Å². The number of hydrogen-bond donors (Lipinski definition) is 3. The summed E-state index contributed by atoms with van der Waals surface area (Å²) in [6, 6.07) is 17.5. The van der Waals surface area contributed by atoms with Crippen LogP contribution in [0.25, 0.3) is 0 Å². The molecule has 0 unspecified atom stereocenters. The third-order valence-corrected chi connectivity index (χ3v) is 9.00. The Hall–Kier alpha value is -4.00. The first-order chi connectivity index (χ1) is 20.0. The summed E-state index contributed by atoms with van der Waals surface area (Å²) in [5.74, 6) is -0.753. The van der Waals surface area contributed by atoms with Gasteiger partial charge in [-0.2, -0.15) is 4.31 Å². The number of sulfonamides is 1. The first kappa shape index (κ1) is 30.9. The van der Waals surface area contributed by atoms with Crippen LogP contribution in [0.2, 0.25) is 0 Å². The first-order valence-corrected chi connectivity index (χ1v) is 15.0. The lowest BCUT2D eigenvalue weighted by Gasteiger charge is -2.33. The maximum atomic E-state index is 13.4. The zero-order valence-corrected chi connectivity index (χ0v) is 24.5. The summed E-state index contributed by atoms with van der Waals surface area (Å²) >= 11 is 0. The molecular formula is C30H35FN4O6S. The number of hydrogen-bond acceptors (Lipinski definition) is 6. The lowest BCUT2D eigenvalue weighted by Crippen LogP contribution is -2.48. The van der Waals surface area contributed by atoms with E-state index in [1.807, 2.05) is 13.0 Å². The highest BCUT2D eigenvalue weighted by atomic mass is 32.2. The first-order valence-electron chi connectivity index (χ1n) is 13.5. The van der Waals surface area contributed by atoms with Crippen LogP contribution < -0.4 is 15.4 Å². The van der Waals surface area contributed by atoms with Crippen molar-refractivity contribution in [1.82, 2.24) is 9.21 Å². The number of aliphatic hydroxyl groups is 1. The lowest BCUT2D eigenvalue weighted by atomic mass is 10.0. The number of benzene rings is 3. The second-order valence-corrected chi connectivity index (χ2v) is 12.4. The van der Waals surface area contributed by atoms with Crippen LogP contribution in [-0.2, 0) is 21.2 Å². The highest BCUT2D eigenvalue weighted by Crippen LogP contribution is 2.30. The smallest absolute Gasteiger partial charge is 0.323 e. The van der Waals surface area contributed by atoms with Gasteiger partial charge in [-0.3, -0.25) is 4.79 Å². The van der Waals surface area contributed by atoms with Gasteiger partial charge < -0.3 is 25.4 Å². The minimum absolute atomic E-state index is 0.0569. The number of carbonyl (C=O) groups excluding carboxylic acids is 2. The van der Waals surface area contributed by atoms with Crippen LogP contribution in [0.15, 0.2) is 77.7 Å². The van der Waals surface area contributed by atoms with Gasteiger partial charge in [0.2, 0.25) is 15.9 Å². The highest BCUT2D eigenvalue weighted by Gasteiger charge is 2.33. The summed E-state index contributed by atoms with van der Waals surface area (Å²) in [5.41, 5.74) is 1.54. The average molecular weight is 599 g/mol. The van der Waals surface area contributed by atoms with Gasteiger partial charge in [-0.25, -0.2) is 17.6 Å². The third kappa shape index (κ3) is 7.44. The van der Waals surface area contributed by atoms with Gasteiger partial charge in [0, 0.05) is 36.4 Å². The zero-order chi connectivity index (χ0) is 30.4. The SMILES string of the molecule is C[C@@H]1CN([C@H](C)CO)C(=O)Cc2cc(NC(=O)Nc3ccccc3)ccc2O[C@@H]1CN(C)S(=O)(=O)c1ccc(F)cc1. The number of nitrogens with zero attached hydrogens (tertiary/aromatic N) is 2. The molecule has 0 aliphatic carbocycles. The van der Waals surface area contributed by atoms with Crippen molar-refractivity contribution in [2.75, 3.05) is 37.4 Å². The van der Waals surface area contributed by atoms with Gasteiger partial charge in [0.15, 0.2) is 0 Å². The van der Waals surface area contributed by atoms with E-state index in [-0.39, 0.29) is 42.8 Å². The van der Waals surface area contributed by atoms with Crippen LogP contribution in [0, 0.1) is 11.7 Å². The Bertz CT molecular complexity index is 1500. The minimum atomic E-state index is -3.97. The number of anilines is 2. The van der Waals surface area contributed by atoms with Gasteiger partial charge in [-0.05, 0) is 61.5 Å². The number of nitrogens with one attached hydrogen (secondary N) is 2. The number of likely N-dealkylation sites (N-methyl/N-ethyl adjacent to an activating group) is 1. The number of urea groups is 1. The summed E-state index contributed by atoms with van der Waals surface area (Å²) in [7, 11) is -2.55. The van der Waals surface area contributed by atoms with E-state index in [4.69, 9.17) is 4.74 Å². The van der Waals surface area contributed by atoms with Crippen LogP contribution in [0.4, 0.5) is 20.6 Å². The molecule has 1 aliphatic rings. The van der Waals surface area contributed by atoms with E-state index in [9.17, 15) is 27.5 Å². The lowest BCUT2D eigenvalue weighted by molar-refractivity contribution is -0.134. The number of para-hydroxylation sites is 1. The van der Waals surface area contributed by atoms with E-state index >= 15 is 0 Å². The standard InChI is InChI=1S/C30H35FN4O6S/c1-20-17-35(21(2)19-36)29(37)16-22-15-25(33-30(38)32-24-7-5-4-6-8-24)11-14-27(22)41-28(20)18-34(3)42(39,40)26-12-9-23(31)10-13-26/h4-15,20-21,28,36H,16-19H2,1-3H3,(H2,32,33,38)/t20-,21-,28-/m1/s1. The fraction of sp³-hybridized carbons (Fsp3) is 0.333. The third-order valence-electron chi connectivity index (χ3n) is 7.16. The van der Waals surface area contributed by atoms with Crippen LogP contribution in [0.5, 0.6) is 5.75 Å². The van der Waals surface area contributed by atoms with Crippen molar-refractivity contribution in [2.45, 2.75) is 37.3 Å². The van der Waals surface area contributed by atoms with Gasteiger partial charge in [0.25, 0.3) is 0 Å². The van der Waals surface area contributed by atoms with Gasteiger partial charge in [-0.1, -0.05) is 25.1 Å². The van der Waals surface area contributed by atoms with Gasteiger partial charge in [-0.15, -0.1) is 0 Å². The molecule has 0 spiro atoms. The van der Waals surface area contributed by atoms with Crippen molar-refractivity contribution in [1.29, 1.82) is 0 Å². The van der Waals surface area contributed by atoms with Crippen molar-refractivity contribution in [3.8, 4) is 5.75 Å². The second-order valence-electron chi connectivity index (χ2n) is 10.4. The molecule has 42 heavy (non-hydrogen) atoms. The molecule has 3 aromatic rings. The molecule has 0 aromatic heterocycles. The molecule has 0 fully saturated rings. The molecule has 0 radical (unpaired) electrons. The monoisotopic (exact) mass is 598 g/mol. The molecule has 3 atom stereocenters. The number of halogens is 1. The summed E-state index contributed by atoms with van der Waals surface area (Å²) in [6.07, 6.45) is -0.748. The van der Waals surface area contributed by atoms with E-state index in [1.54, 1.807) is 54.3 Å². The Labute approximate surface area is 245 Å². The Morgan fingerprint density at radius 3 is 2.43 bits per heavy atom. The molecule has 224 valence electrons. The van der Waals surface area contributed by atoms with Crippen molar-refractivity contribution >= 4 is 33.3 Å². The summed E-state index contributed by atoms with van der Waals surface area (Å²) in [6.45, 7) is 3.49. The Kier molecular flexibility index (Phi) is 9.81. The summed E-state index contributed by atoms with van der Waals surface area (Å²) < 4.78 is 47.4. The molecule has 10 nitrogen and oxygen atoms in total. The summed E-state index contributed by atoms with van der Waals surface area (Å²) in [4.78, 5) is 27.5. The molecule has 3 N–H and O–H groups in total. The Morgan fingerprint density at radius 1 is 1.10 bits per heavy atom. The fourth-order valence-electron chi connectivity index (χ4n) is 4.68. The van der Waals surface area contributed by atoms with Crippen molar-refractivity contribution in [3.05, 3.63) is 84.2 Å². The molecule has 0 saturated carbocycles. The van der Waals surface area contributed by atoms with Crippen LogP contribution in [0.3, 0.4) is 0 Å². The number of rotatable bonds is 8. The van der Waals surface area contributed by atoms with E-state index in [1.165, 1.54) is 19.2 Å². The number of ether oxygens (including phenoxy) is 1. The molecule has 1 aliphatic heterocycles. The van der Waals surface area contributed by atoms with Gasteiger partial charge >= 0.3 is 6.03 Å². The quantitative estimate of drug-likeness (QED) is 0.361. The molecule has 0 saturated heterocycles. The van der Waals surface area contributed by atoms with Crippen molar-refractivity contribution in [3.63, 3.8) is 0 Å². The molecule has 3 aromatic carbocycles. The predicted molar refractivity (Wildman–Crippen MR) is 157 cm³/mol. The maximum Gasteiger partial charge on any atom is 0.323 e. The summed E-state index contributed by atoms with van der Waals surface area (Å²) in [5, 5.41) is 15.4. The predicted octanol–water partition coefficient (Wildman–Crippen LogP) is 3.94. The number of amides is 3. The molecule has 12 heteroatoms. The Morgan fingerprint density at radius 2 is 1.76 bits per heavy atom. The largest absolute Gasteiger partial charge is 0.488 e. The molecular weight excluding hydrogens is 563 g/mol. The molecule has 4 rings (SSSR count). The molecule has 0 bridgehead atoms. The van der Waals surface area contributed by atoms with E-state index < -0.39 is 34.0 Å². The average Bonchev–Trinajstić information content (AvgIpc) is 3.00. The van der Waals surface area contributed by atoms with Crippen molar-refractivity contribution in [2.24, 2.45) is 5.92 Å².